The van der Waals surface area contributed by atoms with Crippen LogP contribution in [0.15, 0.2) is 22.5 Å². The SMILES string of the molecule is CCNC(=NCC(C)(C)c1cccs1)NCC(C)(C)C(N)=O. The average molecular weight is 324 g/mol. The highest BCUT2D eigenvalue weighted by molar-refractivity contribution is 7.10. The lowest BCUT2D eigenvalue weighted by Gasteiger charge is -2.24. The summed E-state index contributed by atoms with van der Waals surface area (Å²) in [5.74, 6) is 0.385. The second-order valence-corrected chi connectivity index (χ2v) is 7.61. The van der Waals surface area contributed by atoms with Gasteiger partial charge in [0.05, 0.1) is 12.0 Å². The third kappa shape index (κ3) is 5.33. The minimum absolute atomic E-state index is 0.0181. The van der Waals surface area contributed by atoms with E-state index in [2.05, 4.69) is 47.0 Å². The van der Waals surface area contributed by atoms with Gasteiger partial charge in [0.25, 0.3) is 0 Å². The van der Waals surface area contributed by atoms with E-state index in [1.54, 1.807) is 11.3 Å². The number of amides is 1. The molecule has 0 bridgehead atoms. The maximum atomic E-state index is 11.4. The summed E-state index contributed by atoms with van der Waals surface area (Å²) >= 11 is 1.75. The van der Waals surface area contributed by atoms with E-state index in [0.717, 1.165) is 6.54 Å². The van der Waals surface area contributed by atoms with Gasteiger partial charge in [-0.25, -0.2) is 0 Å². The number of primary amides is 1. The highest BCUT2D eigenvalue weighted by atomic mass is 32.1. The van der Waals surface area contributed by atoms with Crippen LogP contribution in [0.25, 0.3) is 0 Å². The molecule has 124 valence electrons. The number of rotatable bonds is 7. The molecule has 1 aromatic rings. The van der Waals surface area contributed by atoms with Gasteiger partial charge in [0.1, 0.15) is 0 Å². The highest BCUT2D eigenvalue weighted by Crippen LogP contribution is 2.27. The second kappa shape index (κ2) is 7.63. The molecule has 1 aromatic heterocycles. The van der Waals surface area contributed by atoms with Gasteiger partial charge in [-0.15, -0.1) is 11.3 Å². The molecule has 0 aliphatic carbocycles. The minimum Gasteiger partial charge on any atom is -0.369 e. The third-order valence-corrected chi connectivity index (χ3v) is 4.77. The summed E-state index contributed by atoms with van der Waals surface area (Å²) in [7, 11) is 0. The topological polar surface area (TPSA) is 79.5 Å². The monoisotopic (exact) mass is 324 g/mol. The average Bonchev–Trinajstić information content (AvgIpc) is 2.96. The van der Waals surface area contributed by atoms with E-state index in [0.29, 0.717) is 19.0 Å². The maximum absolute atomic E-state index is 11.4. The van der Waals surface area contributed by atoms with Crippen molar-refractivity contribution in [1.29, 1.82) is 0 Å². The predicted octanol–water partition coefficient (Wildman–Crippen LogP) is 2.09. The zero-order valence-electron chi connectivity index (χ0n) is 14.2. The van der Waals surface area contributed by atoms with E-state index in [9.17, 15) is 4.79 Å². The van der Waals surface area contributed by atoms with Crippen molar-refractivity contribution in [1.82, 2.24) is 10.6 Å². The summed E-state index contributed by atoms with van der Waals surface area (Å²) in [6.45, 7) is 11.9. The molecule has 0 aromatic carbocycles. The Labute approximate surface area is 137 Å². The van der Waals surface area contributed by atoms with E-state index >= 15 is 0 Å². The van der Waals surface area contributed by atoms with Gasteiger partial charge in [-0.3, -0.25) is 9.79 Å². The fraction of sp³-hybridized carbons (Fsp3) is 0.625. The van der Waals surface area contributed by atoms with E-state index in [1.165, 1.54) is 4.88 Å². The van der Waals surface area contributed by atoms with Gasteiger partial charge >= 0.3 is 0 Å². The zero-order chi connectivity index (χ0) is 16.8. The van der Waals surface area contributed by atoms with Crippen LogP contribution in [0.1, 0.15) is 39.5 Å². The number of hydrogen-bond donors (Lipinski definition) is 3. The fourth-order valence-electron chi connectivity index (χ4n) is 1.75. The first-order valence-corrected chi connectivity index (χ1v) is 8.43. The van der Waals surface area contributed by atoms with E-state index in [4.69, 9.17) is 5.73 Å². The summed E-state index contributed by atoms with van der Waals surface area (Å²) < 4.78 is 0. The Hall–Kier alpha value is -1.56. The van der Waals surface area contributed by atoms with Gasteiger partial charge < -0.3 is 16.4 Å². The van der Waals surface area contributed by atoms with Crippen molar-refractivity contribution in [2.45, 2.75) is 40.0 Å². The molecule has 0 radical (unpaired) electrons. The molecule has 1 rings (SSSR count). The number of carbonyl (C=O) groups excluding carboxylic acids is 1. The van der Waals surface area contributed by atoms with E-state index in [1.807, 2.05) is 20.8 Å². The van der Waals surface area contributed by atoms with Gasteiger partial charge in [0, 0.05) is 23.4 Å². The van der Waals surface area contributed by atoms with Crippen LogP contribution in [0.2, 0.25) is 0 Å². The maximum Gasteiger partial charge on any atom is 0.224 e. The molecule has 0 saturated heterocycles. The van der Waals surface area contributed by atoms with Crippen LogP contribution in [0.3, 0.4) is 0 Å². The molecule has 6 heteroatoms. The Morgan fingerprint density at radius 1 is 1.32 bits per heavy atom. The van der Waals surface area contributed by atoms with Crippen LogP contribution in [0.4, 0.5) is 0 Å². The molecule has 0 aliphatic rings. The molecule has 1 amide bonds. The van der Waals surface area contributed by atoms with Crippen molar-refractivity contribution in [2.75, 3.05) is 19.6 Å². The first kappa shape index (κ1) is 18.5. The van der Waals surface area contributed by atoms with Gasteiger partial charge in [-0.2, -0.15) is 0 Å². The minimum atomic E-state index is -0.612. The van der Waals surface area contributed by atoms with Crippen LogP contribution in [-0.4, -0.2) is 31.5 Å². The molecule has 0 saturated carbocycles. The molecule has 0 unspecified atom stereocenters. The number of aliphatic imine (C=N–C) groups is 1. The molecular weight excluding hydrogens is 296 g/mol. The third-order valence-electron chi connectivity index (χ3n) is 3.53. The number of hydrogen-bond acceptors (Lipinski definition) is 3. The van der Waals surface area contributed by atoms with Crippen LogP contribution >= 0.6 is 11.3 Å². The quantitative estimate of drug-likeness (QED) is 0.531. The van der Waals surface area contributed by atoms with Crippen LogP contribution in [0.5, 0.6) is 0 Å². The second-order valence-electron chi connectivity index (χ2n) is 6.66. The first-order valence-electron chi connectivity index (χ1n) is 7.55. The smallest absolute Gasteiger partial charge is 0.224 e. The Balaban J connectivity index is 2.72. The largest absolute Gasteiger partial charge is 0.369 e. The normalized spacial score (nSPS) is 13.0. The number of thiophene rings is 1. The van der Waals surface area contributed by atoms with Gasteiger partial charge in [-0.05, 0) is 32.2 Å². The molecule has 0 spiro atoms. The van der Waals surface area contributed by atoms with Gasteiger partial charge in [0.15, 0.2) is 5.96 Å². The molecule has 5 nitrogen and oxygen atoms in total. The first-order chi connectivity index (χ1) is 10.2. The van der Waals surface area contributed by atoms with Gasteiger partial charge in [0.2, 0.25) is 5.91 Å². The standard InChI is InChI=1S/C16H28N4OS/c1-6-18-14(20-11-16(4,5)13(17)21)19-10-15(2,3)12-8-7-9-22-12/h7-9H,6,10-11H2,1-5H3,(H2,17,21)(H2,18,19,20). The predicted molar refractivity (Wildman–Crippen MR) is 94.3 cm³/mol. The number of nitrogens with one attached hydrogen (secondary N) is 2. The lowest BCUT2D eigenvalue weighted by Crippen LogP contribution is -2.46. The van der Waals surface area contributed by atoms with Crippen molar-refractivity contribution >= 4 is 23.2 Å². The lowest BCUT2D eigenvalue weighted by atomic mass is 9.92. The molecule has 4 N–H and O–H groups in total. The summed E-state index contributed by atoms with van der Waals surface area (Å²) in [5.41, 5.74) is 4.77. The highest BCUT2D eigenvalue weighted by Gasteiger charge is 2.25. The van der Waals surface area contributed by atoms with E-state index < -0.39 is 5.41 Å². The Morgan fingerprint density at radius 3 is 2.50 bits per heavy atom. The molecule has 22 heavy (non-hydrogen) atoms. The van der Waals surface area contributed by atoms with E-state index in [-0.39, 0.29) is 11.3 Å². The summed E-state index contributed by atoms with van der Waals surface area (Å²) in [6, 6.07) is 4.20. The Kier molecular flexibility index (Phi) is 6.41. The Bertz CT molecular complexity index is 506. The zero-order valence-corrected chi connectivity index (χ0v) is 15.0. The molecule has 1 heterocycles. The summed E-state index contributed by atoms with van der Waals surface area (Å²) in [5, 5.41) is 8.49. The molecular formula is C16H28N4OS. The molecule has 0 atom stereocenters. The van der Waals surface area contributed by atoms with Crippen LogP contribution in [-0.2, 0) is 10.2 Å². The van der Waals surface area contributed by atoms with Crippen molar-refractivity contribution in [2.24, 2.45) is 16.1 Å². The number of nitrogens with zero attached hydrogens (tertiary/aromatic N) is 1. The molecule has 0 fully saturated rings. The van der Waals surface area contributed by atoms with Crippen molar-refractivity contribution < 1.29 is 4.79 Å². The Morgan fingerprint density at radius 2 is 2.00 bits per heavy atom. The number of guanidine groups is 1. The lowest BCUT2D eigenvalue weighted by molar-refractivity contribution is -0.125. The molecule has 0 aliphatic heterocycles. The van der Waals surface area contributed by atoms with Crippen molar-refractivity contribution in [3.63, 3.8) is 0 Å². The number of carbonyl (C=O) groups is 1. The van der Waals surface area contributed by atoms with Gasteiger partial charge in [-0.1, -0.05) is 19.9 Å². The summed E-state index contributed by atoms with van der Waals surface area (Å²) in [6.07, 6.45) is 0. The van der Waals surface area contributed by atoms with Crippen molar-refractivity contribution in [3.8, 4) is 0 Å². The van der Waals surface area contributed by atoms with Crippen LogP contribution in [0, 0.1) is 5.41 Å². The number of nitrogens with two attached hydrogens (primary N) is 1. The van der Waals surface area contributed by atoms with Crippen LogP contribution < -0.4 is 16.4 Å². The summed E-state index contributed by atoms with van der Waals surface area (Å²) in [4.78, 5) is 17.3. The van der Waals surface area contributed by atoms with Crippen molar-refractivity contribution in [3.05, 3.63) is 22.4 Å². The fourth-order valence-corrected chi connectivity index (χ4v) is 2.60.